The van der Waals surface area contributed by atoms with Crippen molar-refractivity contribution < 1.29 is 9.53 Å². The van der Waals surface area contributed by atoms with Gasteiger partial charge in [-0.1, -0.05) is 12.5 Å². The van der Waals surface area contributed by atoms with E-state index in [-0.39, 0.29) is 5.78 Å². The smallest absolute Gasteiger partial charge is 0.177 e. The highest BCUT2D eigenvalue weighted by Crippen LogP contribution is 2.27. The third-order valence-electron chi connectivity index (χ3n) is 4.07. The Morgan fingerprint density at radius 2 is 2.05 bits per heavy atom. The molecule has 0 N–H and O–H groups in total. The highest BCUT2D eigenvalue weighted by Gasteiger charge is 2.18. The first-order valence-corrected chi connectivity index (χ1v) is 7.47. The van der Waals surface area contributed by atoms with E-state index in [9.17, 15) is 4.79 Å². The molecule has 0 radical (unpaired) electrons. The Bertz CT molecular complexity index is 648. The number of fused-ring (bicyclic) bond motifs is 1. The summed E-state index contributed by atoms with van der Waals surface area (Å²) in [5.41, 5.74) is 1.49. The minimum atomic E-state index is 0.164. The van der Waals surface area contributed by atoms with Crippen LogP contribution in [0.25, 0.3) is 10.9 Å². The zero-order chi connectivity index (χ0) is 14.7. The molecule has 0 atom stereocenters. The monoisotopic (exact) mass is 284 g/mol. The lowest BCUT2D eigenvalue weighted by Gasteiger charge is -2.25. The average molecular weight is 284 g/mol. The number of hydrogen-bond acceptors (Lipinski definition) is 4. The number of ketones is 1. The van der Waals surface area contributed by atoms with Crippen molar-refractivity contribution in [2.24, 2.45) is 0 Å². The van der Waals surface area contributed by atoms with E-state index in [0.717, 1.165) is 29.6 Å². The van der Waals surface area contributed by atoms with Crippen molar-refractivity contribution in [2.45, 2.75) is 19.3 Å². The average Bonchev–Trinajstić information content (AvgIpc) is 2.54. The zero-order valence-electron chi connectivity index (χ0n) is 12.3. The van der Waals surface area contributed by atoms with Crippen molar-refractivity contribution in [3.8, 4) is 5.75 Å². The van der Waals surface area contributed by atoms with Crippen molar-refractivity contribution in [3.63, 3.8) is 0 Å². The second kappa shape index (κ2) is 6.22. The van der Waals surface area contributed by atoms with Crippen molar-refractivity contribution in [2.75, 3.05) is 26.7 Å². The van der Waals surface area contributed by atoms with Crippen molar-refractivity contribution in [1.82, 2.24) is 9.88 Å². The Morgan fingerprint density at radius 3 is 2.81 bits per heavy atom. The minimum Gasteiger partial charge on any atom is -0.494 e. The molecule has 21 heavy (non-hydrogen) atoms. The maximum Gasteiger partial charge on any atom is 0.177 e. The van der Waals surface area contributed by atoms with Gasteiger partial charge in [-0.3, -0.25) is 14.7 Å². The lowest BCUT2D eigenvalue weighted by Crippen LogP contribution is -2.34. The molecular formula is C17H20N2O2. The number of rotatable bonds is 4. The summed E-state index contributed by atoms with van der Waals surface area (Å²) in [6.07, 6.45) is 5.39. The van der Waals surface area contributed by atoms with Crippen LogP contribution >= 0.6 is 0 Å². The van der Waals surface area contributed by atoms with Crippen molar-refractivity contribution >= 4 is 16.7 Å². The summed E-state index contributed by atoms with van der Waals surface area (Å²) < 4.78 is 5.33. The van der Waals surface area contributed by atoms with Gasteiger partial charge in [0.25, 0.3) is 0 Å². The highest BCUT2D eigenvalue weighted by atomic mass is 16.5. The van der Waals surface area contributed by atoms with Crippen LogP contribution in [0.3, 0.4) is 0 Å². The molecule has 1 aliphatic heterocycles. The summed E-state index contributed by atoms with van der Waals surface area (Å²) in [5.74, 6) is 0.873. The Hall–Kier alpha value is -1.94. The third kappa shape index (κ3) is 2.90. The summed E-state index contributed by atoms with van der Waals surface area (Å²) in [4.78, 5) is 19.2. The number of nitrogens with zero attached hydrogens (tertiary/aromatic N) is 2. The number of likely N-dealkylation sites (tertiary alicyclic amines) is 1. The SMILES string of the molecule is COc1ccc(C(=O)CN2CCCCC2)c2cccnc12. The van der Waals surface area contributed by atoms with Crippen LogP contribution in [0.5, 0.6) is 5.75 Å². The van der Waals surface area contributed by atoms with Gasteiger partial charge in [0.1, 0.15) is 11.3 Å². The Morgan fingerprint density at radius 1 is 1.24 bits per heavy atom. The topological polar surface area (TPSA) is 42.4 Å². The molecule has 3 rings (SSSR count). The fourth-order valence-corrected chi connectivity index (χ4v) is 2.96. The van der Waals surface area contributed by atoms with E-state index < -0.39 is 0 Å². The van der Waals surface area contributed by atoms with Crippen LogP contribution in [-0.2, 0) is 0 Å². The molecule has 110 valence electrons. The lowest BCUT2D eigenvalue weighted by molar-refractivity contribution is 0.0917. The summed E-state index contributed by atoms with van der Waals surface area (Å²) in [5, 5.41) is 0.874. The van der Waals surface area contributed by atoms with Crippen molar-refractivity contribution in [1.29, 1.82) is 0 Å². The van der Waals surface area contributed by atoms with Crippen LogP contribution < -0.4 is 4.74 Å². The van der Waals surface area contributed by atoms with Gasteiger partial charge in [0, 0.05) is 17.1 Å². The number of benzene rings is 1. The number of hydrogen-bond donors (Lipinski definition) is 0. The number of piperidine rings is 1. The third-order valence-corrected chi connectivity index (χ3v) is 4.07. The Kier molecular flexibility index (Phi) is 4.15. The van der Waals surface area contributed by atoms with Gasteiger partial charge in [-0.25, -0.2) is 0 Å². The molecule has 4 nitrogen and oxygen atoms in total. The summed E-state index contributed by atoms with van der Waals surface area (Å²) in [6, 6.07) is 7.49. The normalized spacial score (nSPS) is 16.0. The predicted molar refractivity (Wildman–Crippen MR) is 82.9 cm³/mol. The maximum absolute atomic E-state index is 12.6. The molecule has 4 heteroatoms. The fraction of sp³-hybridized carbons (Fsp3) is 0.412. The van der Waals surface area contributed by atoms with Crippen molar-refractivity contribution in [3.05, 3.63) is 36.0 Å². The zero-order valence-corrected chi connectivity index (χ0v) is 12.3. The molecular weight excluding hydrogens is 264 g/mol. The molecule has 2 heterocycles. The van der Waals surface area contributed by atoms with Crippen LogP contribution in [0.1, 0.15) is 29.6 Å². The second-order valence-electron chi connectivity index (χ2n) is 5.47. The molecule has 0 spiro atoms. The molecule has 1 fully saturated rings. The number of carbonyl (C=O) groups excluding carboxylic acids is 1. The van der Waals surface area contributed by atoms with E-state index in [1.165, 1.54) is 19.3 Å². The molecule has 1 aromatic carbocycles. The van der Waals surface area contributed by atoms with Crippen LogP contribution in [0.15, 0.2) is 30.5 Å². The highest BCUT2D eigenvalue weighted by molar-refractivity contribution is 6.09. The summed E-state index contributed by atoms with van der Waals surface area (Å²) >= 11 is 0. The van der Waals surface area contributed by atoms with Gasteiger partial charge in [-0.05, 0) is 44.1 Å². The molecule has 0 saturated carbocycles. The molecule has 0 aliphatic carbocycles. The number of ether oxygens (including phenoxy) is 1. The van der Waals surface area contributed by atoms with Gasteiger partial charge >= 0.3 is 0 Å². The van der Waals surface area contributed by atoms with Crippen LogP contribution in [-0.4, -0.2) is 42.4 Å². The Labute approximate surface area is 124 Å². The quantitative estimate of drug-likeness (QED) is 0.810. The van der Waals surface area contributed by atoms with E-state index in [0.29, 0.717) is 12.3 Å². The predicted octanol–water partition coefficient (Wildman–Crippen LogP) is 2.91. The second-order valence-corrected chi connectivity index (χ2v) is 5.47. The van der Waals surface area contributed by atoms with Crippen LogP contribution in [0.2, 0.25) is 0 Å². The van der Waals surface area contributed by atoms with Gasteiger partial charge in [-0.15, -0.1) is 0 Å². The van der Waals surface area contributed by atoms with E-state index in [4.69, 9.17) is 4.74 Å². The lowest BCUT2D eigenvalue weighted by atomic mass is 10.0. The standard InChI is InChI=1S/C17H20N2O2/c1-21-16-8-7-13(14-6-5-9-18-17(14)16)15(20)12-19-10-3-2-4-11-19/h5-9H,2-4,10-12H2,1H3. The number of methoxy groups -OCH3 is 1. The first-order chi connectivity index (χ1) is 10.3. The molecule has 0 amide bonds. The number of aromatic nitrogens is 1. The summed E-state index contributed by atoms with van der Waals surface area (Å²) in [7, 11) is 1.62. The van der Waals surface area contributed by atoms with E-state index in [1.807, 2.05) is 24.3 Å². The van der Waals surface area contributed by atoms with Gasteiger partial charge in [-0.2, -0.15) is 0 Å². The fourth-order valence-electron chi connectivity index (χ4n) is 2.96. The van der Waals surface area contributed by atoms with Gasteiger partial charge in [0.15, 0.2) is 5.78 Å². The van der Waals surface area contributed by atoms with E-state index in [1.54, 1.807) is 13.3 Å². The first kappa shape index (κ1) is 14.0. The number of Topliss-reactive ketones (excluding diaryl/α,β-unsaturated/α-hetero) is 1. The minimum absolute atomic E-state index is 0.164. The first-order valence-electron chi connectivity index (χ1n) is 7.47. The molecule has 1 saturated heterocycles. The molecule has 1 aliphatic rings. The Balaban J connectivity index is 1.91. The molecule has 0 unspecified atom stereocenters. The molecule has 2 aromatic rings. The summed E-state index contributed by atoms with van der Waals surface area (Å²) in [6.45, 7) is 2.55. The van der Waals surface area contributed by atoms with Gasteiger partial charge in [0.05, 0.1) is 13.7 Å². The maximum atomic E-state index is 12.6. The number of carbonyl (C=O) groups is 1. The molecule has 1 aromatic heterocycles. The number of pyridine rings is 1. The largest absolute Gasteiger partial charge is 0.494 e. The van der Waals surface area contributed by atoms with Gasteiger partial charge < -0.3 is 4.74 Å². The van der Waals surface area contributed by atoms with E-state index in [2.05, 4.69) is 9.88 Å². The van der Waals surface area contributed by atoms with E-state index >= 15 is 0 Å². The molecule has 0 bridgehead atoms. The van der Waals surface area contributed by atoms with Crippen LogP contribution in [0, 0.1) is 0 Å². The van der Waals surface area contributed by atoms with Crippen LogP contribution in [0.4, 0.5) is 0 Å². The van der Waals surface area contributed by atoms with Gasteiger partial charge in [0.2, 0.25) is 0 Å².